The van der Waals surface area contributed by atoms with E-state index in [1.54, 1.807) is 6.07 Å². The predicted octanol–water partition coefficient (Wildman–Crippen LogP) is 4.04. The highest BCUT2D eigenvalue weighted by Gasteiger charge is 2.16. The van der Waals surface area contributed by atoms with Gasteiger partial charge in [0.15, 0.2) is 0 Å². The van der Waals surface area contributed by atoms with Gasteiger partial charge in [0, 0.05) is 25.9 Å². The van der Waals surface area contributed by atoms with Crippen molar-refractivity contribution in [3.8, 4) is 5.75 Å². The summed E-state index contributed by atoms with van der Waals surface area (Å²) in [6, 6.07) is 11.2. The Morgan fingerprint density at radius 1 is 1.19 bits per heavy atom. The van der Waals surface area contributed by atoms with Crippen LogP contribution in [0.2, 0.25) is 0 Å². The molecule has 26 heavy (non-hydrogen) atoms. The molecule has 1 heterocycles. The molecule has 1 saturated heterocycles. The molecule has 2 aromatic rings. The summed E-state index contributed by atoms with van der Waals surface area (Å²) in [6.07, 6.45) is 2.48. The second-order valence-electron chi connectivity index (χ2n) is 6.87. The zero-order valence-corrected chi connectivity index (χ0v) is 15.7. The third-order valence-corrected chi connectivity index (χ3v) is 4.80. The molecule has 140 valence electrons. The molecule has 1 aliphatic heterocycles. The van der Waals surface area contributed by atoms with Gasteiger partial charge in [0.25, 0.3) is 0 Å². The van der Waals surface area contributed by atoms with E-state index in [-0.39, 0.29) is 11.9 Å². The van der Waals surface area contributed by atoms with E-state index >= 15 is 0 Å². The number of ether oxygens (including phenoxy) is 2. The Bertz CT molecular complexity index is 726. The average molecular weight is 357 g/mol. The summed E-state index contributed by atoms with van der Waals surface area (Å²) >= 11 is 0. The van der Waals surface area contributed by atoms with Gasteiger partial charge in [0.2, 0.25) is 0 Å². The zero-order valence-electron chi connectivity index (χ0n) is 15.7. The minimum atomic E-state index is -0.167. The monoisotopic (exact) mass is 357 g/mol. The first-order valence-electron chi connectivity index (χ1n) is 9.48. The Labute approximate surface area is 155 Å². The lowest BCUT2D eigenvalue weighted by Gasteiger charge is -2.24. The summed E-state index contributed by atoms with van der Waals surface area (Å²) in [4.78, 5) is 0. The van der Waals surface area contributed by atoms with E-state index < -0.39 is 0 Å². The van der Waals surface area contributed by atoms with E-state index in [4.69, 9.17) is 9.47 Å². The van der Waals surface area contributed by atoms with Crippen LogP contribution in [-0.4, -0.2) is 32.4 Å². The normalized spacial score (nSPS) is 17.3. The topological polar surface area (TPSA) is 30.5 Å². The molecule has 1 N–H and O–H groups in total. The Morgan fingerprint density at radius 3 is 2.73 bits per heavy atom. The maximum absolute atomic E-state index is 14.1. The summed E-state index contributed by atoms with van der Waals surface area (Å²) in [6.45, 7) is 7.36. The molecular weight excluding hydrogens is 329 g/mol. The highest BCUT2D eigenvalue weighted by Crippen LogP contribution is 2.29. The predicted molar refractivity (Wildman–Crippen MR) is 102 cm³/mol. The Morgan fingerprint density at radius 2 is 2.00 bits per heavy atom. The van der Waals surface area contributed by atoms with Crippen molar-refractivity contribution in [3.05, 3.63) is 64.5 Å². The van der Waals surface area contributed by atoms with Crippen LogP contribution in [0.4, 0.5) is 4.39 Å². The maximum atomic E-state index is 14.1. The van der Waals surface area contributed by atoms with Crippen LogP contribution in [0.25, 0.3) is 0 Å². The zero-order chi connectivity index (χ0) is 18.4. The summed E-state index contributed by atoms with van der Waals surface area (Å²) < 4.78 is 26.1. The van der Waals surface area contributed by atoms with E-state index in [2.05, 4.69) is 31.3 Å². The third kappa shape index (κ3) is 4.83. The average Bonchev–Trinajstić information content (AvgIpc) is 2.65. The number of morpholine rings is 1. The van der Waals surface area contributed by atoms with Crippen molar-refractivity contribution >= 4 is 0 Å². The smallest absolute Gasteiger partial charge is 0.126 e. The fourth-order valence-electron chi connectivity index (χ4n) is 3.45. The lowest BCUT2D eigenvalue weighted by molar-refractivity contribution is 0.0158. The van der Waals surface area contributed by atoms with Gasteiger partial charge in [0.05, 0.1) is 19.3 Å². The van der Waals surface area contributed by atoms with Crippen LogP contribution in [0.1, 0.15) is 35.6 Å². The first kappa shape index (κ1) is 18.9. The number of rotatable bonds is 7. The fraction of sp³-hybridized carbons (Fsp3) is 0.455. The molecule has 0 aliphatic carbocycles. The van der Waals surface area contributed by atoms with Gasteiger partial charge in [0.1, 0.15) is 11.6 Å². The number of hydrogen-bond donors (Lipinski definition) is 1. The molecule has 1 fully saturated rings. The molecule has 1 unspecified atom stereocenters. The molecule has 4 heteroatoms. The van der Waals surface area contributed by atoms with Gasteiger partial charge in [-0.2, -0.15) is 0 Å². The molecule has 0 spiro atoms. The van der Waals surface area contributed by atoms with Gasteiger partial charge in [-0.15, -0.1) is 0 Å². The van der Waals surface area contributed by atoms with Gasteiger partial charge in [-0.1, -0.05) is 42.8 Å². The lowest BCUT2D eigenvalue weighted by Crippen LogP contribution is -2.39. The Hall–Kier alpha value is -1.91. The largest absolute Gasteiger partial charge is 0.493 e. The summed E-state index contributed by atoms with van der Waals surface area (Å²) in [5.41, 5.74) is 4.11. The highest BCUT2D eigenvalue weighted by atomic mass is 19.1. The van der Waals surface area contributed by atoms with Crippen molar-refractivity contribution < 1.29 is 13.9 Å². The van der Waals surface area contributed by atoms with Crippen LogP contribution in [0.5, 0.6) is 5.75 Å². The molecule has 3 nitrogen and oxygen atoms in total. The molecule has 0 radical (unpaired) electrons. The molecule has 0 bridgehead atoms. The van der Waals surface area contributed by atoms with Crippen molar-refractivity contribution in [2.24, 2.45) is 0 Å². The van der Waals surface area contributed by atoms with Gasteiger partial charge in [-0.05, 0) is 36.1 Å². The highest BCUT2D eigenvalue weighted by molar-refractivity contribution is 5.47. The second kappa shape index (κ2) is 9.15. The van der Waals surface area contributed by atoms with Crippen molar-refractivity contribution in [3.63, 3.8) is 0 Å². The molecule has 1 atom stereocenters. The van der Waals surface area contributed by atoms with E-state index in [1.807, 2.05) is 12.1 Å². The SMILES string of the molecule is CCc1cc(C)cc(Cc2ccccc2F)c1OCCC1CNCCO1. The van der Waals surface area contributed by atoms with Crippen LogP contribution in [0, 0.1) is 12.7 Å². The van der Waals surface area contributed by atoms with E-state index in [0.29, 0.717) is 18.6 Å². The molecule has 3 rings (SSSR count). The van der Waals surface area contributed by atoms with Crippen LogP contribution >= 0.6 is 0 Å². The van der Waals surface area contributed by atoms with Gasteiger partial charge in [-0.3, -0.25) is 0 Å². The summed E-state index contributed by atoms with van der Waals surface area (Å²) in [5.74, 6) is 0.741. The first-order chi connectivity index (χ1) is 12.7. The maximum Gasteiger partial charge on any atom is 0.126 e. The minimum Gasteiger partial charge on any atom is -0.493 e. The van der Waals surface area contributed by atoms with Crippen LogP contribution in [0.15, 0.2) is 36.4 Å². The summed E-state index contributed by atoms with van der Waals surface area (Å²) in [5, 5.41) is 3.34. The lowest BCUT2D eigenvalue weighted by atomic mass is 9.97. The Balaban J connectivity index is 1.76. The number of benzene rings is 2. The van der Waals surface area contributed by atoms with Crippen LogP contribution < -0.4 is 10.1 Å². The summed E-state index contributed by atoms with van der Waals surface area (Å²) in [7, 11) is 0. The fourth-order valence-corrected chi connectivity index (χ4v) is 3.45. The number of aryl methyl sites for hydroxylation is 2. The van der Waals surface area contributed by atoms with Crippen molar-refractivity contribution in [1.82, 2.24) is 5.32 Å². The standard InChI is InChI=1S/C22H28FNO2/c1-3-17-12-16(2)13-19(14-18-6-4-5-7-21(18)23)22(17)26-10-8-20-15-24-9-11-25-20/h4-7,12-13,20,24H,3,8-11,14-15H2,1-2H3. The second-order valence-corrected chi connectivity index (χ2v) is 6.87. The van der Waals surface area contributed by atoms with Crippen LogP contribution in [0.3, 0.4) is 0 Å². The molecule has 0 aromatic heterocycles. The van der Waals surface area contributed by atoms with Crippen molar-refractivity contribution in [1.29, 1.82) is 0 Å². The van der Waals surface area contributed by atoms with Crippen LogP contribution in [-0.2, 0) is 17.6 Å². The molecule has 0 amide bonds. The minimum absolute atomic E-state index is 0.167. The van der Waals surface area contributed by atoms with E-state index in [1.165, 1.54) is 17.2 Å². The van der Waals surface area contributed by atoms with Gasteiger partial charge >= 0.3 is 0 Å². The molecule has 1 aliphatic rings. The van der Waals surface area contributed by atoms with Gasteiger partial charge in [-0.25, -0.2) is 4.39 Å². The number of nitrogens with one attached hydrogen (secondary N) is 1. The third-order valence-electron chi connectivity index (χ3n) is 4.80. The number of halogens is 1. The first-order valence-corrected chi connectivity index (χ1v) is 9.48. The van der Waals surface area contributed by atoms with E-state index in [0.717, 1.165) is 43.9 Å². The van der Waals surface area contributed by atoms with Gasteiger partial charge < -0.3 is 14.8 Å². The van der Waals surface area contributed by atoms with Crippen molar-refractivity contribution in [2.75, 3.05) is 26.3 Å². The molecule has 0 saturated carbocycles. The quantitative estimate of drug-likeness (QED) is 0.811. The van der Waals surface area contributed by atoms with E-state index in [9.17, 15) is 4.39 Å². The Kier molecular flexibility index (Phi) is 6.64. The molecule has 2 aromatic carbocycles. The van der Waals surface area contributed by atoms with Crippen molar-refractivity contribution in [2.45, 2.75) is 39.2 Å². The molecular formula is C22H28FNO2. The number of hydrogen-bond acceptors (Lipinski definition) is 3.